The highest BCUT2D eigenvalue weighted by molar-refractivity contribution is 5.88. The van der Waals surface area contributed by atoms with E-state index in [1.54, 1.807) is 0 Å². The van der Waals surface area contributed by atoms with Gasteiger partial charge < -0.3 is 14.4 Å². The molecule has 28 heavy (non-hydrogen) atoms. The van der Waals surface area contributed by atoms with Gasteiger partial charge in [-0.2, -0.15) is 0 Å². The summed E-state index contributed by atoms with van der Waals surface area (Å²) in [6.07, 6.45) is 4.63. The topological polar surface area (TPSA) is 34.6 Å². The van der Waals surface area contributed by atoms with Crippen LogP contribution in [0.4, 0.5) is 5.69 Å². The summed E-state index contributed by atoms with van der Waals surface area (Å²) in [6.45, 7) is 4.91. The van der Waals surface area contributed by atoms with E-state index in [1.165, 1.54) is 24.1 Å². The van der Waals surface area contributed by atoms with Crippen LogP contribution in [0.1, 0.15) is 30.5 Å². The average Bonchev–Trinajstić information content (AvgIpc) is 3.14. The fourth-order valence-corrected chi connectivity index (χ4v) is 4.33. The third-order valence-corrected chi connectivity index (χ3v) is 5.82. The molecular weight excluding hydrogens is 348 g/mol. The molecular formula is C24H26N2O2. The number of aromatic nitrogens is 1. The molecule has 5 rings (SSSR count). The zero-order valence-electron chi connectivity index (χ0n) is 16.4. The van der Waals surface area contributed by atoms with E-state index >= 15 is 0 Å². The minimum absolute atomic E-state index is 0.116. The predicted molar refractivity (Wildman–Crippen MR) is 113 cm³/mol. The molecule has 4 nitrogen and oxygen atoms in total. The number of para-hydroxylation sites is 1. The molecule has 4 heteroatoms. The summed E-state index contributed by atoms with van der Waals surface area (Å²) in [5.74, 6) is 1.69. The van der Waals surface area contributed by atoms with Gasteiger partial charge in [-0.25, -0.2) is 0 Å². The Balaban J connectivity index is 1.18. The number of nitrogens with zero attached hydrogens (tertiary/aromatic N) is 2. The number of pyridine rings is 1. The summed E-state index contributed by atoms with van der Waals surface area (Å²) in [5.41, 5.74) is 4.89. The second kappa shape index (κ2) is 7.34. The van der Waals surface area contributed by atoms with E-state index in [4.69, 9.17) is 9.47 Å². The molecule has 0 aliphatic carbocycles. The Morgan fingerprint density at radius 2 is 2.00 bits per heavy atom. The molecule has 0 bridgehead atoms. The largest absolute Gasteiger partial charge is 0.486 e. The van der Waals surface area contributed by atoms with E-state index in [2.05, 4.69) is 40.2 Å². The van der Waals surface area contributed by atoms with Crippen LogP contribution in [0.2, 0.25) is 0 Å². The second-order valence-electron chi connectivity index (χ2n) is 7.82. The molecule has 0 radical (unpaired) electrons. The Kier molecular flexibility index (Phi) is 4.55. The Hall–Kier alpha value is -2.75. The summed E-state index contributed by atoms with van der Waals surface area (Å²) in [4.78, 5) is 7.12. The first-order valence-electron chi connectivity index (χ1n) is 10.3. The minimum atomic E-state index is 0.116. The van der Waals surface area contributed by atoms with E-state index in [-0.39, 0.29) is 6.10 Å². The van der Waals surface area contributed by atoms with Gasteiger partial charge >= 0.3 is 0 Å². The molecule has 3 aromatic rings. The summed E-state index contributed by atoms with van der Waals surface area (Å²) in [7, 11) is 0. The van der Waals surface area contributed by atoms with Gasteiger partial charge in [0.15, 0.2) is 11.5 Å². The van der Waals surface area contributed by atoms with Gasteiger partial charge in [0.05, 0.1) is 5.52 Å². The van der Waals surface area contributed by atoms with Crippen LogP contribution in [0.5, 0.6) is 11.5 Å². The molecule has 1 atom stereocenters. The zero-order valence-corrected chi connectivity index (χ0v) is 16.4. The molecule has 2 aliphatic rings. The van der Waals surface area contributed by atoms with Crippen molar-refractivity contribution in [3.63, 3.8) is 0 Å². The predicted octanol–water partition coefficient (Wildman–Crippen LogP) is 4.92. The van der Waals surface area contributed by atoms with Crippen LogP contribution in [0, 0.1) is 6.92 Å². The Morgan fingerprint density at radius 3 is 2.96 bits per heavy atom. The summed E-state index contributed by atoms with van der Waals surface area (Å²) < 4.78 is 12.3. The van der Waals surface area contributed by atoms with Crippen LogP contribution < -0.4 is 14.4 Å². The fourth-order valence-electron chi connectivity index (χ4n) is 4.33. The van der Waals surface area contributed by atoms with E-state index in [1.807, 2.05) is 25.1 Å². The first-order chi connectivity index (χ1) is 13.8. The molecule has 0 unspecified atom stereocenters. The number of anilines is 1. The van der Waals surface area contributed by atoms with Gasteiger partial charge in [0.1, 0.15) is 12.7 Å². The van der Waals surface area contributed by atoms with Gasteiger partial charge in [-0.05, 0) is 68.5 Å². The van der Waals surface area contributed by atoms with E-state index in [9.17, 15) is 0 Å². The van der Waals surface area contributed by atoms with Gasteiger partial charge in [-0.15, -0.1) is 0 Å². The number of ether oxygens (including phenoxy) is 2. The van der Waals surface area contributed by atoms with Crippen molar-refractivity contribution in [3.05, 3.63) is 59.8 Å². The van der Waals surface area contributed by atoms with Crippen LogP contribution >= 0.6 is 0 Å². The Morgan fingerprint density at radius 1 is 1.07 bits per heavy atom. The molecule has 0 amide bonds. The Bertz CT molecular complexity index is 1000. The lowest BCUT2D eigenvalue weighted by Crippen LogP contribution is -2.29. The molecule has 0 N–H and O–H groups in total. The number of hydrogen-bond donors (Lipinski definition) is 0. The first kappa shape index (κ1) is 17.4. The molecule has 0 saturated heterocycles. The molecule has 0 spiro atoms. The molecule has 2 aromatic carbocycles. The molecule has 1 aromatic heterocycles. The van der Waals surface area contributed by atoms with E-state index in [0.717, 1.165) is 54.0 Å². The van der Waals surface area contributed by atoms with Crippen LogP contribution in [0.3, 0.4) is 0 Å². The third-order valence-electron chi connectivity index (χ3n) is 5.82. The van der Waals surface area contributed by atoms with Crippen molar-refractivity contribution >= 4 is 16.6 Å². The second-order valence-corrected chi connectivity index (χ2v) is 7.82. The molecule has 0 saturated carbocycles. The maximum absolute atomic E-state index is 6.33. The minimum Gasteiger partial charge on any atom is -0.486 e. The van der Waals surface area contributed by atoms with Crippen LogP contribution in [0.15, 0.2) is 48.5 Å². The highest BCUT2D eigenvalue weighted by Crippen LogP contribution is 2.39. The van der Waals surface area contributed by atoms with Crippen molar-refractivity contribution < 1.29 is 9.47 Å². The lowest BCUT2D eigenvalue weighted by atomic mass is 10.1. The monoisotopic (exact) mass is 374 g/mol. The van der Waals surface area contributed by atoms with Gasteiger partial charge in [0.25, 0.3) is 0 Å². The van der Waals surface area contributed by atoms with E-state index in [0.29, 0.717) is 6.61 Å². The van der Waals surface area contributed by atoms with Crippen molar-refractivity contribution in [1.29, 1.82) is 0 Å². The van der Waals surface area contributed by atoms with Crippen LogP contribution in [0.25, 0.3) is 10.9 Å². The van der Waals surface area contributed by atoms with Crippen LogP contribution in [-0.2, 0) is 6.42 Å². The van der Waals surface area contributed by atoms with Crippen LogP contribution in [-0.4, -0.2) is 30.8 Å². The standard InChI is InChI=1S/C24H26N2O2/c1-17-9-10-20-21(25-17)11-12-23-24(20)28-19(16-27-23)7-4-5-14-26-15-13-18-6-2-3-8-22(18)26/h2-3,6,8-12,19H,4-5,7,13-16H2,1H3/t19-/m0/s1. The van der Waals surface area contributed by atoms with Crippen molar-refractivity contribution in [2.24, 2.45) is 0 Å². The summed E-state index contributed by atoms with van der Waals surface area (Å²) in [5, 5.41) is 1.04. The smallest absolute Gasteiger partial charge is 0.171 e. The maximum atomic E-state index is 6.33. The molecule has 0 fully saturated rings. The first-order valence-corrected chi connectivity index (χ1v) is 10.3. The number of benzene rings is 2. The summed E-state index contributed by atoms with van der Waals surface area (Å²) in [6, 6.07) is 16.9. The lowest BCUT2D eigenvalue weighted by Gasteiger charge is -2.28. The Labute approximate surface area is 166 Å². The number of aryl methyl sites for hydroxylation is 1. The number of rotatable bonds is 5. The zero-order chi connectivity index (χ0) is 18.9. The van der Waals surface area contributed by atoms with Gasteiger partial charge in [-0.1, -0.05) is 18.2 Å². The molecule has 3 heterocycles. The quantitative estimate of drug-likeness (QED) is 0.594. The highest BCUT2D eigenvalue weighted by Gasteiger charge is 2.23. The van der Waals surface area contributed by atoms with E-state index < -0.39 is 0 Å². The normalized spacial score (nSPS) is 17.8. The van der Waals surface area contributed by atoms with Crippen molar-refractivity contribution in [2.45, 2.75) is 38.7 Å². The summed E-state index contributed by atoms with van der Waals surface area (Å²) >= 11 is 0. The number of hydrogen-bond acceptors (Lipinski definition) is 4. The SMILES string of the molecule is Cc1ccc2c3c(ccc2n1)OC[C@H](CCCCN1CCc2ccccc21)O3. The average molecular weight is 374 g/mol. The number of fused-ring (bicyclic) bond motifs is 4. The highest BCUT2D eigenvalue weighted by atomic mass is 16.6. The van der Waals surface area contributed by atoms with Crippen molar-refractivity contribution in [1.82, 2.24) is 4.98 Å². The third kappa shape index (κ3) is 3.28. The van der Waals surface area contributed by atoms with Crippen molar-refractivity contribution in [3.8, 4) is 11.5 Å². The number of unbranched alkanes of at least 4 members (excludes halogenated alkanes) is 1. The molecule has 144 valence electrons. The molecule has 2 aliphatic heterocycles. The van der Waals surface area contributed by atoms with Gasteiger partial charge in [-0.3, -0.25) is 4.98 Å². The maximum Gasteiger partial charge on any atom is 0.171 e. The van der Waals surface area contributed by atoms with Gasteiger partial charge in [0.2, 0.25) is 0 Å². The lowest BCUT2D eigenvalue weighted by molar-refractivity contribution is 0.0851. The van der Waals surface area contributed by atoms with Gasteiger partial charge in [0, 0.05) is 29.9 Å². The fraction of sp³-hybridized carbons (Fsp3) is 0.375. The van der Waals surface area contributed by atoms with Crippen molar-refractivity contribution in [2.75, 3.05) is 24.6 Å².